The number of sulfonamides is 1. The van der Waals surface area contributed by atoms with Crippen molar-refractivity contribution in [3.63, 3.8) is 0 Å². The number of nitrogens with two attached hydrogens (primary N) is 1. The van der Waals surface area contributed by atoms with Crippen LogP contribution in [0.1, 0.15) is 31.7 Å². The molecule has 0 aliphatic carbocycles. The number of aromatic nitrogens is 1. The number of fused-ring (bicyclic) bond motifs is 1. The quantitative estimate of drug-likeness (QED) is 0.566. The highest BCUT2D eigenvalue weighted by Crippen LogP contribution is 2.39. The van der Waals surface area contributed by atoms with Crippen molar-refractivity contribution >= 4 is 15.7 Å². The van der Waals surface area contributed by atoms with Crippen LogP contribution in [0.3, 0.4) is 0 Å². The largest absolute Gasteiger partial charge is 0.488 e. The van der Waals surface area contributed by atoms with Crippen molar-refractivity contribution in [3.8, 4) is 5.75 Å². The molecule has 11 heteroatoms. The maximum atomic E-state index is 13.6. The van der Waals surface area contributed by atoms with Gasteiger partial charge in [0, 0.05) is 32.1 Å². The zero-order valence-electron chi connectivity index (χ0n) is 17.0. The lowest BCUT2D eigenvalue weighted by Crippen LogP contribution is -2.51. The number of nitrogens with one attached hydrogen (secondary N) is 2. The van der Waals surface area contributed by atoms with E-state index < -0.39 is 33.4 Å². The van der Waals surface area contributed by atoms with Crippen LogP contribution in [0.4, 0.5) is 14.5 Å². The molecule has 0 spiro atoms. The van der Waals surface area contributed by atoms with Crippen LogP contribution in [-0.4, -0.2) is 38.8 Å². The van der Waals surface area contributed by atoms with Crippen LogP contribution in [-0.2, 0) is 21.8 Å². The summed E-state index contributed by atoms with van der Waals surface area (Å²) in [6, 6.07) is 3.34. The first-order chi connectivity index (χ1) is 14.2. The van der Waals surface area contributed by atoms with E-state index in [1.807, 2.05) is 6.92 Å². The highest BCUT2D eigenvalue weighted by Gasteiger charge is 2.41. The van der Waals surface area contributed by atoms with Gasteiger partial charge in [0.25, 0.3) is 0 Å². The van der Waals surface area contributed by atoms with Gasteiger partial charge in [0.15, 0.2) is 23.6 Å². The van der Waals surface area contributed by atoms with Crippen molar-refractivity contribution in [1.82, 2.24) is 9.29 Å². The smallest absolute Gasteiger partial charge is 0.246 e. The number of hydrogen-bond acceptors (Lipinski definition) is 6. The number of halogens is 2. The summed E-state index contributed by atoms with van der Waals surface area (Å²) in [4.78, 5) is -0.0264. The molecule has 1 aromatic carbocycles. The molecule has 166 valence electrons. The number of nitrogens with zero attached hydrogens (tertiary/aromatic N) is 1. The zero-order valence-corrected chi connectivity index (χ0v) is 17.9. The lowest BCUT2D eigenvalue weighted by molar-refractivity contribution is 0.114. The lowest BCUT2D eigenvalue weighted by Gasteiger charge is -2.30. The summed E-state index contributed by atoms with van der Waals surface area (Å²) < 4.78 is 68.7. The molecule has 30 heavy (non-hydrogen) atoms. The average Bonchev–Trinajstić information content (AvgIpc) is 2.99. The van der Waals surface area contributed by atoms with E-state index in [9.17, 15) is 17.2 Å². The van der Waals surface area contributed by atoms with E-state index in [1.165, 1.54) is 19.4 Å². The second-order valence-corrected chi connectivity index (χ2v) is 8.93. The van der Waals surface area contributed by atoms with Crippen molar-refractivity contribution in [1.29, 1.82) is 0 Å². The fraction of sp³-hybridized carbons (Fsp3) is 0.474. The number of anilines is 1. The first kappa shape index (κ1) is 22.5. The van der Waals surface area contributed by atoms with Gasteiger partial charge in [0.1, 0.15) is 17.2 Å². The summed E-state index contributed by atoms with van der Waals surface area (Å²) in [5.41, 5.74) is 5.51. The van der Waals surface area contributed by atoms with Gasteiger partial charge < -0.3 is 25.1 Å². The molecule has 2 atom stereocenters. The van der Waals surface area contributed by atoms with Gasteiger partial charge in [0.05, 0.1) is 5.54 Å². The lowest BCUT2D eigenvalue weighted by atomic mass is 9.94. The standard InChI is InChI=1S/C19H26F2N4O4S/c1-4-19(7-8-22)11-29-17-15(30(26,27)24-19)10-25(2)16(17)18(28-3)23-12-5-6-13(20)14(21)9-12/h5-6,9-10,18,23-24H,4,7-8,11,22H2,1-3H3. The van der Waals surface area contributed by atoms with E-state index in [0.717, 1.165) is 12.1 Å². The van der Waals surface area contributed by atoms with E-state index in [1.54, 1.807) is 11.6 Å². The van der Waals surface area contributed by atoms with Crippen molar-refractivity contribution < 1.29 is 26.7 Å². The summed E-state index contributed by atoms with van der Waals surface area (Å²) in [5, 5.41) is 2.93. The Balaban J connectivity index is 2.02. The van der Waals surface area contributed by atoms with Crippen LogP contribution >= 0.6 is 0 Å². The Morgan fingerprint density at radius 1 is 1.40 bits per heavy atom. The van der Waals surface area contributed by atoms with Gasteiger partial charge in [-0.05, 0) is 31.5 Å². The minimum absolute atomic E-state index is 0.0264. The monoisotopic (exact) mass is 444 g/mol. The van der Waals surface area contributed by atoms with E-state index in [4.69, 9.17) is 15.2 Å². The van der Waals surface area contributed by atoms with Crippen LogP contribution in [0, 0.1) is 11.6 Å². The number of rotatable bonds is 7. The number of aryl methyl sites for hydroxylation is 1. The Morgan fingerprint density at radius 3 is 2.73 bits per heavy atom. The molecule has 1 aliphatic heterocycles. The van der Waals surface area contributed by atoms with Gasteiger partial charge in [-0.1, -0.05) is 6.92 Å². The van der Waals surface area contributed by atoms with E-state index in [-0.39, 0.29) is 22.9 Å². The number of methoxy groups -OCH3 is 1. The molecule has 2 heterocycles. The van der Waals surface area contributed by atoms with Crippen LogP contribution in [0.15, 0.2) is 29.3 Å². The Bertz CT molecular complexity index is 1030. The van der Waals surface area contributed by atoms with Gasteiger partial charge in [-0.15, -0.1) is 0 Å². The van der Waals surface area contributed by atoms with Gasteiger partial charge >= 0.3 is 0 Å². The summed E-state index contributed by atoms with van der Waals surface area (Å²) in [7, 11) is -0.838. The average molecular weight is 445 g/mol. The molecule has 2 aromatic rings. The Morgan fingerprint density at radius 2 is 2.13 bits per heavy atom. The molecule has 0 amide bonds. The first-order valence-electron chi connectivity index (χ1n) is 9.47. The first-order valence-corrected chi connectivity index (χ1v) is 10.9. The van der Waals surface area contributed by atoms with Crippen LogP contribution in [0.25, 0.3) is 0 Å². The van der Waals surface area contributed by atoms with E-state index >= 15 is 0 Å². The van der Waals surface area contributed by atoms with Crippen molar-refractivity contribution in [3.05, 3.63) is 41.7 Å². The fourth-order valence-corrected chi connectivity index (χ4v) is 5.23. The van der Waals surface area contributed by atoms with Crippen LogP contribution in [0.2, 0.25) is 0 Å². The predicted molar refractivity (Wildman–Crippen MR) is 108 cm³/mol. The molecular formula is C19H26F2N4O4S. The Hall–Kier alpha value is -2.21. The Kier molecular flexibility index (Phi) is 6.37. The van der Waals surface area contributed by atoms with Gasteiger partial charge in [-0.3, -0.25) is 0 Å². The molecule has 0 saturated heterocycles. The normalized spacial score (nSPS) is 21.4. The zero-order chi connectivity index (χ0) is 22.1. The van der Waals surface area contributed by atoms with Crippen molar-refractivity contribution in [2.45, 2.75) is 36.4 Å². The summed E-state index contributed by atoms with van der Waals surface area (Å²) in [5.74, 6) is -1.85. The topological polar surface area (TPSA) is 108 Å². The third kappa shape index (κ3) is 4.15. The molecule has 3 rings (SSSR count). The molecule has 4 N–H and O–H groups in total. The molecular weight excluding hydrogens is 418 g/mol. The third-order valence-corrected chi connectivity index (χ3v) is 6.85. The van der Waals surface area contributed by atoms with E-state index in [2.05, 4.69) is 10.0 Å². The third-order valence-electron chi connectivity index (χ3n) is 5.28. The highest BCUT2D eigenvalue weighted by molar-refractivity contribution is 7.89. The summed E-state index contributed by atoms with van der Waals surface area (Å²) in [6.45, 7) is 2.25. The fourth-order valence-electron chi connectivity index (χ4n) is 3.54. The number of hydrogen-bond donors (Lipinski definition) is 3. The summed E-state index contributed by atoms with van der Waals surface area (Å²) in [6.07, 6.45) is 1.45. The molecule has 1 aliphatic rings. The molecule has 0 fully saturated rings. The summed E-state index contributed by atoms with van der Waals surface area (Å²) >= 11 is 0. The number of ether oxygens (including phenoxy) is 2. The van der Waals surface area contributed by atoms with Gasteiger partial charge in [-0.2, -0.15) is 0 Å². The number of benzene rings is 1. The van der Waals surface area contributed by atoms with Crippen molar-refractivity contribution in [2.75, 3.05) is 25.6 Å². The molecule has 0 bridgehead atoms. The van der Waals surface area contributed by atoms with E-state index in [0.29, 0.717) is 25.1 Å². The maximum Gasteiger partial charge on any atom is 0.246 e. The van der Waals surface area contributed by atoms with Crippen LogP contribution < -0.4 is 20.5 Å². The minimum Gasteiger partial charge on any atom is -0.488 e. The van der Waals surface area contributed by atoms with Gasteiger partial charge in [-0.25, -0.2) is 21.9 Å². The highest BCUT2D eigenvalue weighted by atomic mass is 32.2. The minimum atomic E-state index is -3.89. The molecule has 2 unspecified atom stereocenters. The molecule has 1 aromatic heterocycles. The second-order valence-electron chi connectivity index (χ2n) is 7.27. The Labute approximate surface area is 174 Å². The maximum absolute atomic E-state index is 13.6. The SMILES string of the molecule is CCC1(CCN)COc2c(cn(C)c2C(Nc2ccc(F)c(F)c2)OC)S(=O)(=O)N1. The molecule has 0 saturated carbocycles. The predicted octanol–water partition coefficient (Wildman–Crippen LogP) is 2.23. The molecule has 8 nitrogen and oxygen atoms in total. The van der Waals surface area contributed by atoms with Crippen LogP contribution in [0.5, 0.6) is 5.75 Å². The second kappa shape index (κ2) is 8.50. The van der Waals surface area contributed by atoms with Crippen molar-refractivity contribution in [2.24, 2.45) is 12.8 Å². The van der Waals surface area contributed by atoms with Gasteiger partial charge in [0.2, 0.25) is 10.0 Å². The molecule has 0 radical (unpaired) electrons.